The molecule has 78 valence electrons. The Balaban J connectivity index is 3.86. The van der Waals surface area contributed by atoms with Crippen molar-refractivity contribution in [3.63, 3.8) is 0 Å². The maximum Gasteiger partial charge on any atom is 0.319 e. The summed E-state index contributed by atoms with van der Waals surface area (Å²) >= 11 is 0. The van der Waals surface area contributed by atoms with Crippen molar-refractivity contribution in [1.82, 2.24) is 0 Å². The number of hydrogen-bond acceptors (Lipinski definition) is 3. The normalized spacial score (nSPS) is 13.9. The third-order valence-corrected chi connectivity index (χ3v) is 2.30. The van der Waals surface area contributed by atoms with E-state index in [2.05, 4.69) is 20.8 Å². The predicted octanol–water partition coefficient (Wildman–Crippen LogP) is 1.70. The fourth-order valence-electron chi connectivity index (χ4n) is 1.24. The van der Waals surface area contributed by atoms with Crippen LogP contribution in [-0.4, -0.2) is 18.6 Å². The third-order valence-electron chi connectivity index (χ3n) is 2.30. The summed E-state index contributed by atoms with van der Waals surface area (Å²) in [6, 6.07) is 0. The molecule has 0 saturated heterocycles. The smallest absolute Gasteiger partial charge is 0.319 e. The lowest BCUT2D eigenvalue weighted by atomic mass is 9.84. The molecule has 0 aromatic carbocycles. The standard InChI is InChI=1S/C10H21NO2/c1-5-10(3,4)6-8(2)13-9(12)7-11/h8H,5-7,11H2,1-4H3. The Labute approximate surface area is 80.6 Å². The molecule has 0 fully saturated rings. The molecule has 0 radical (unpaired) electrons. The Bertz CT molecular complexity index is 166. The van der Waals surface area contributed by atoms with Gasteiger partial charge < -0.3 is 10.5 Å². The van der Waals surface area contributed by atoms with Gasteiger partial charge >= 0.3 is 5.97 Å². The van der Waals surface area contributed by atoms with Gasteiger partial charge in [0.2, 0.25) is 0 Å². The summed E-state index contributed by atoms with van der Waals surface area (Å²) in [6.45, 7) is 8.35. The van der Waals surface area contributed by atoms with Crippen LogP contribution in [0.25, 0.3) is 0 Å². The molecule has 0 amide bonds. The first-order chi connectivity index (χ1) is 5.91. The van der Waals surface area contributed by atoms with E-state index in [0.717, 1.165) is 12.8 Å². The van der Waals surface area contributed by atoms with Crippen LogP contribution in [0.15, 0.2) is 0 Å². The van der Waals surface area contributed by atoms with Crippen molar-refractivity contribution in [3.8, 4) is 0 Å². The fourth-order valence-corrected chi connectivity index (χ4v) is 1.24. The van der Waals surface area contributed by atoms with Gasteiger partial charge in [-0.3, -0.25) is 4.79 Å². The summed E-state index contributed by atoms with van der Waals surface area (Å²) in [5.74, 6) is -0.320. The zero-order chi connectivity index (χ0) is 10.5. The Morgan fingerprint density at radius 2 is 2.08 bits per heavy atom. The highest BCUT2D eigenvalue weighted by Gasteiger charge is 2.20. The molecule has 1 atom stereocenters. The van der Waals surface area contributed by atoms with Gasteiger partial charge in [-0.25, -0.2) is 0 Å². The van der Waals surface area contributed by atoms with Crippen LogP contribution in [0.4, 0.5) is 0 Å². The first-order valence-electron chi connectivity index (χ1n) is 4.81. The minimum Gasteiger partial charge on any atom is -0.462 e. The molecule has 3 heteroatoms. The number of esters is 1. The molecule has 0 saturated carbocycles. The predicted molar refractivity (Wildman–Crippen MR) is 53.3 cm³/mol. The summed E-state index contributed by atoms with van der Waals surface area (Å²) < 4.78 is 5.07. The molecule has 0 aliphatic rings. The van der Waals surface area contributed by atoms with Gasteiger partial charge in [-0.1, -0.05) is 27.2 Å². The number of ether oxygens (including phenoxy) is 1. The van der Waals surface area contributed by atoms with Gasteiger partial charge in [-0.15, -0.1) is 0 Å². The van der Waals surface area contributed by atoms with Crippen molar-refractivity contribution in [2.75, 3.05) is 6.54 Å². The fraction of sp³-hybridized carbons (Fsp3) is 0.900. The minimum absolute atomic E-state index is 0.0309. The van der Waals surface area contributed by atoms with Crippen molar-refractivity contribution in [1.29, 1.82) is 0 Å². The number of rotatable bonds is 5. The second-order valence-electron chi connectivity index (χ2n) is 4.23. The monoisotopic (exact) mass is 187 g/mol. The van der Waals surface area contributed by atoms with Gasteiger partial charge in [0, 0.05) is 0 Å². The van der Waals surface area contributed by atoms with E-state index in [0.29, 0.717) is 0 Å². The summed E-state index contributed by atoms with van der Waals surface area (Å²) in [5.41, 5.74) is 5.37. The Morgan fingerprint density at radius 1 is 1.54 bits per heavy atom. The van der Waals surface area contributed by atoms with E-state index >= 15 is 0 Å². The van der Waals surface area contributed by atoms with Gasteiger partial charge in [0.05, 0.1) is 12.6 Å². The lowest BCUT2D eigenvalue weighted by molar-refractivity contribution is -0.147. The van der Waals surface area contributed by atoms with Crippen LogP contribution in [-0.2, 0) is 9.53 Å². The second-order valence-corrected chi connectivity index (χ2v) is 4.23. The quantitative estimate of drug-likeness (QED) is 0.666. The molecule has 0 bridgehead atoms. The molecule has 2 N–H and O–H groups in total. The summed E-state index contributed by atoms with van der Waals surface area (Å²) in [7, 11) is 0. The minimum atomic E-state index is -0.320. The number of carbonyl (C=O) groups is 1. The zero-order valence-electron chi connectivity index (χ0n) is 9.09. The maximum atomic E-state index is 10.8. The van der Waals surface area contributed by atoms with E-state index in [1.165, 1.54) is 0 Å². The van der Waals surface area contributed by atoms with Crippen LogP contribution in [0, 0.1) is 5.41 Å². The lowest BCUT2D eigenvalue weighted by Gasteiger charge is -2.26. The molecular formula is C10H21NO2. The molecule has 0 aromatic rings. The van der Waals surface area contributed by atoms with Crippen LogP contribution >= 0.6 is 0 Å². The van der Waals surface area contributed by atoms with E-state index in [-0.39, 0.29) is 24.0 Å². The summed E-state index contributed by atoms with van der Waals surface area (Å²) in [5, 5.41) is 0. The van der Waals surface area contributed by atoms with E-state index < -0.39 is 0 Å². The molecule has 0 aliphatic heterocycles. The lowest BCUT2D eigenvalue weighted by Crippen LogP contribution is -2.26. The second kappa shape index (κ2) is 5.22. The average Bonchev–Trinajstić information content (AvgIpc) is 2.03. The highest BCUT2D eigenvalue weighted by atomic mass is 16.5. The molecule has 0 aliphatic carbocycles. The zero-order valence-corrected chi connectivity index (χ0v) is 9.09. The third kappa shape index (κ3) is 5.64. The van der Waals surface area contributed by atoms with E-state index in [4.69, 9.17) is 10.5 Å². The van der Waals surface area contributed by atoms with Gasteiger partial charge in [0.1, 0.15) is 0 Å². The molecule has 13 heavy (non-hydrogen) atoms. The topological polar surface area (TPSA) is 52.3 Å². The Morgan fingerprint density at radius 3 is 2.46 bits per heavy atom. The van der Waals surface area contributed by atoms with E-state index in [1.807, 2.05) is 6.92 Å². The first-order valence-corrected chi connectivity index (χ1v) is 4.81. The molecule has 1 unspecified atom stereocenters. The van der Waals surface area contributed by atoms with Gasteiger partial charge in [-0.2, -0.15) is 0 Å². The Hall–Kier alpha value is -0.570. The number of carbonyl (C=O) groups excluding carboxylic acids is 1. The Kier molecular flexibility index (Phi) is 4.99. The molecule has 3 nitrogen and oxygen atoms in total. The van der Waals surface area contributed by atoms with Gasteiger partial charge in [0.25, 0.3) is 0 Å². The number of hydrogen-bond donors (Lipinski definition) is 1. The SMILES string of the molecule is CCC(C)(C)CC(C)OC(=O)CN. The van der Waals surface area contributed by atoms with Crippen molar-refractivity contribution in [3.05, 3.63) is 0 Å². The first kappa shape index (κ1) is 12.4. The van der Waals surface area contributed by atoms with Gasteiger partial charge in [-0.05, 0) is 18.8 Å². The van der Waals surface area contributed by atoms with Crippen LogP contribution in [0.1, 0.15) is 40.5 Å². The molecular weight excluding hydrogens is 166 g/mol. The molecule has 0 heterocycles. The highest BCUT2D eigenvalue weighted by Crippen LogP contribution is 2.26. The van der Waals surface area contributed by atoms with Crippen LogP contribution in [0.3, 0.4) is 0 Å². The van der Waals surface area contributed by atoms with Crippen LogP contribution in [0.2, 0.25) is 0 Å². The maximum absolute atomic E-state index is 10.8. The van der Waals surface area contributed by atoms with Crippen molar-refractivity contribution in [2.45, 2.75) is 46.6 Å². The van der Waals surface area contributed by atoms with Crippen molar-refractivity contribution < 1.29 is 9.53 Å². The molecule has 0 rings (SSSR count). The summed E-state index contributed by atoms with van der Waals surface area (Å²) in [4.78, 5) is 10.8. The highest BCUT2D eigenvalue weighted by molar-refractivity contribution is 5.71. The van der Waals surface area contributed by atoms with E-state index in [9.17, 15) is 4.79 Å². The van der Waals surface area contributed by atoms with Gasteiger partial charge in [0.15, 0.2) is 0 Å². The summed E-state index contributed by atoms with van der Waals surface area (Å²) in [6.07, 6.45) is 1.93. The average molecular weight is 187 g/mol. The van der Waals surface area contributed by atoms with Crippen LogP contribution in [0.5, 0.6) is 0 Å². The molecule has 0 aromatic heterocycles. The van der Waals surface area contributed by atoms with Crippen LogP contribution < -0.4 is 5.73 Å². The molecule has 0 spiro atoms. The number of nitrogens with two attached hydrogens (primary N) is 1. The van der Waals surface area contributed by atoms with Crippen molar-refractivity contribution >= 4 is 5.97 Å². The van der Waals surface area contributed by atoms with Crippen molar-refractivity contribution in [2.24, 2.45) is 11.1 Å². The largest absolute Gasteiger partial charge is 0.462 e. The van der Waals surface area contributed by atoms with E-state index in [1.54, 1.807) is 0 Å².